The summed E-state index contributed by atoms with van der Waals surface area (Å²) in [6, 6.07) is 6.56. The molecule has 2 amide bonds. The molecule has 1 aromatic carbocycles. The summed E-state index contributed by atoms with van der Waals surface area (Å²) < 4.78 is 0. The Labute approximate surface area is 123 Å². The molecule has 2 atom stereocenters. The number of aliphatic hydroxyl groups excluding tert-OH is 1. The molecule has 6 heteroatoms. The molecule has 3 N–H and O–H groups in total. The highest BCUT2D eigenvalue weighted by molar-refractivity contribution is 6.39. The van der Waals surface area contributed by atoms with Gasteiger partial charge in [0.1, 0.15) is 0 Å². The minimum Gasteiger partial charge on any atom is -0.393 e. The Bertz CT molecular complexity index is 477. The third kappa shape index (κ3) is 6.04. The highest BCUT2D eigenvalue weighted by atomic mass is 35.5. The fourth-order valence-corrected chi connectivity index (χ4v) is 1.96. The van der Waals surface area contributed by atoms with Crippen LogP contribution in [0.3, 0.4) is 0 Å². The Kier molecular flexibility index (Phi) is 6.48. The van der Waals surface area contributed by atoms with Crippen LogP contribution in [0.1, 0.15) is 20.3 Å². The third-order valence-electron chi connectivity index (χ3n) is 2.64. The molecule has 0 fully saturated rings. The number of nitrogens with one attached hydrogen (secondary N) is 2. The van der Waals surface area contributed by atoms with Gasteiger partial charge in [-0.3, -0.25) is 9.59 Å². The van der Waals surface area contributed by atoms with E-state index < -0.39 is 17.9 Å². The number of amides is 2. The number of rotatable bonds is 5. The van der Waals surface area contributed by atoms with Crippen LogP contribution in [0.4, 0.5) is 5.69 Å². The number of carbonyl (C=O) groups is 2. The summed E-state index contributed by atoms with van der Waals surface area (Å²) in [5.74, 6) is -1.35. The van der Waals surface area contributed by atoms with Crippen molar-refractivity contribution in [1.29, 1.82) is 0 Å². The van der Waals surface area contributed by atoms with Crippen LogP contribution < -0.4 is 10.6 Å². The SMILES string of the molecule is CC(O)CC(C)CNC(=O)C(=O)Nc1cccc(Cl)c1. The summed E-state index contributed by atoms with van der Waals surface area (Å²) in [7, 11) is 0. The van der Waals surface area contributed by atoms with Gasteiger partial charge >= 0.3 is 11.8 Å². The minimum atomic E-state index is -0.739. The molecular formula is C14H19ClN2O3. The van der Waals surface area contributed by atoms with Crippen LogP contribution in [0, 0.1) is 5.92 Å². The molecule has 0 aromatic heterocycles. The third-order valence-corrected chi connectivity index (χ3v) is 2.88. The number of carbonyl (C=O) groups excluding carboxylic acids is 2. The van der Waals surface area contributed by atoms with Gasteiger partial charge in [0.05, 0.1) is 6.10 Å². The molecule has 0 saturated heterocycles. The molecule has 0 radical (unpaired) electrons. The molecule has 0 aliphatic rings. The second-order valence-corrected chi connectivity index (χ2v) is 5.30. The molecule has 1 aromatic rings. The second-order valence-electron chi connectivity index (χ2n) is 4.86. The van der Waals surface area contributed by atoms with Gasteiger partial charge in [-0.05, 0) is 37.5 Å². The molecular weight excluding hydrogens is 280 g/mol. The number of hydrogen-bond donors (Lipinski definition) is 3. The maximum Gasteiger partial charge on any atom is 0.313 e. The normalized spacial score (nSPS) is 13.4. The zero-order valence-electron chi connectivity index (χ0n) is 11.5. The lowest BCUT2D eigenvalue weighted by atomic mass is 10.0. The molecule has 0 aliphatic carbocycles. The average Bonchev–Trinajstić information content (AvgIpc) is 2.35. The van der Waals surface area contributed by atoms with E-state index in [0.717, 1.165) is 0 Å². The first-order valence-electron chi connectivity index (χ1n) is 6.41. The van der Waals surface area contributed by atoms with E-state index in [1.807, 2.05) is 6.92 Å². The minimum absolute atomic E-state index is 0.0953. The van der Waals surface area contributed by atoms with E-state index in [4.69, 9.17) is 11.6 Å². The van der Waals surface area contributed by atoms with Crippen LogP contribution in [0.15, 0.2) is 24.3 Å². The van der Waals surface area contributed by atoms with Crippen LogP contribution in [0.2, 0.25) is 5.02 Å². The van der Waals surface area contributed by atoms with Gasteiger partial charge in [0.2, 0.25) is 0 Å². The van der Waals surface area contributed by atoms with E-state index in [1.54, 1.807) is 31.2 Å². The van der Waals surface area contributed by atoms with Crippen molar-refractivity contribution in [3.8, 4) is 0 Å². The summed E-state index contributed by atoms with van der Waals surface area (Å²) in [6.45, 7) is 3.92. The Morgan fingerprint density at radius 1 is 1.30 bits per heavy atom. The van der Waals surface area contributed by atoms with Gasteiger partial charge in [0, 0.05) is 17.3 Å². The van der Waals surface area contributed by atoms with Crippen molar-refractivity contribution in [2.75, 3.05) is 11.9 Å². The topological polar surface area (TPSA) is 78.4 Å². The lowest BCUT2D eigenvalue weighted by molar-refractivity contribution is -0.136. The summed E-state index contributed by atoms with van der Waals surface area (Å²) in [5, 5.41) is 14.7. The smallest absolute Gasteiger partial charge is 0.313 e. The van der Waals surface area contributed by atoms with E-state index in [0.29, 0.717) is 23.7 Å². The molecule has 0 saturated carbocycles. The van der Waals surface area contributed by atoms with Crippen molar-refractivity contribution in [2.24, 2.45) is 5.92 Å². The molecule has 20 heavy (non-hydrogen) atoms. The number of halogens is 1. The van der Waals surface area contributed by atoms with Crippen molar-refractivity contribution < 1.29 is 14.7 Å². The summed E-state index contributed by atoms with van der Waals surface area (Å²) in [6.07, 6.45) is 0.137. The Balaban J connectivity index is 2.42. The molecule has 0 spiro atoms. The van der Waals surface area contributed by atoms with E-state index in [-0.39, 0.29) is 5.92 Å². The van der Waals surface area contributed by atoms with Crippen LogP contribution in [-0.2, 0) is 9.59 Å². The van der Waals surface area contributed by atoms with Gasteiger partial charge < -0.3 is 15.7 Å². The lowest BCUT2D eigenvalue weighted by Crippen LogP contribution is -2.38. The number of aliphatic hydroxyl groups is 1. The summed E-state index contributed by atoms with van der Waals surface area (Å²) >= 11 is 5.78. The summed E-state index contributed by atoms with van der Waals surface area (Å²) in [5.41, 5.74) is 0.467. The van der Waals surface area contributed by atoms with E-state index in [2.05, 4.69) is 10.6 Å². The van der Waals surface area contributed by atoms with Gasteiger partial charge in [-0.15, -0.1) is 0 Å². The summed E-state index contributed by atoms with van der Waals surface area (Å²) in [4.78, 5) is 23.2. The standard InChI is InChI=1S/C14H19ClN2O3/c1-9(6-10(2)18)8-16-13(19)14(20)17-12-5-3-4-11(15)7-12/h3-5,7,9-10,18H,6,8H2,1-2H3,(H,16,19)(H,17,20). The fourth-order valence-electron chi connectivity index (χ4n) is 1.77. The van der Waals surface area contributed by atoms with Crippen molar-refractivity contribution in [1.82, 2.24) is 5.32 Å². The zero-order chi connectivity index (χ0) is 15.1. The second kappa shape index (κ2) is 7.87. The highest BCUT2D eigenvalue weighted by Gasteiger charge is 2.15. The highest BCUT2D eigenvalue weighted by Crippen LogP contribution is 2.14. The number of benzene rings is 1. The fraction of sp³-hybridized carbons (Fsp3) is 0.429. The van der Waals surface area contributed by atoms with E-state index in [1.165, 1.54) is 0 Å². The van der Waals surface area contributed by atoms with E-state index in [9.17, 15) is 14.7 Å². The van der Waals surface area contributed by atoms with Gasteiger partial charge in [-0.25, -0.2) is 0 Å². The van der Waals surface area contributed by atoms with Crippen molar-refractivity contribution >= 4 is 29.1 Å². The van der Waals surface area contributed by atoms with Gasteiger partial charge in [0.15, 0.2) is 0 Å². The van der Waals surface area contributed by atoms with Crippen LogP contribution in [-0.4, -0.2) is 29.6 Å². The van der Waals surface area contributed by atoms with E-state index >= 15 is 0 Å². The molecule has 1 rings (SSSR count). The molecule has 0 aliphatic heterocycles. The predicted molar refractivity (Wildman–Crippen MR) is 78.6 cm³/mol. The maximum atomic E-state index is 11.6. The first kappa shape index (κ1) is 16.5. The Morgan fingerprint density at radius 3 is 2.60 bits per heavy atom. The Hall–Kier alpha value is -1.59. The first-order valence-corrected chi connectivity index (χ1v) is 6.79. The molecule has 0 bridgehead atoms. The number of anilines is 1. The van der Waals surface area contributed by atoms with Crippen LogP contribution >= 0.6 is 11.6 Å². The maximum absolute atomic E-state index is 11.6. The molecule has 5 nitrogen and oxygen atoms in total. The zero-order valence-corrected chi connectivity index (χ0v) is 12.3. The number of hydrogen-bond acceptors (Lipinski definition) is 3. The predicted octanol–water partition coefficient (Wildman–Crippen LogP) is 1.80. The molecule has 2 unspecified atom stereocenters. The van der Waals surface area contributed by atoms with Crippen LogP contribution in [0.25, 0.3) is 0 Å². The molecule has 110 valence electrons. The largest absolute Gasteiger partial charge is 0.393 e. The lowest BCUT2D eigenvalue weighted by Gasteiger charge is -2.14. The van der Waals surface area contributed by atoms with Gasteiger partial charge in [-0.2, -0.15) is 0 Å². The molecule has 0 heterocycles. The van der Waals surface area contributed by atoms with Crippen molar-refractivity contribution in [3.05, 3.63) is 29.3 Å². The monoisotopic (exact) mass is 298 g/mol. The van der Waals surface area contributed by atoms with Crippen molar-refractivity contribution in [3.63, 3.8) is 0 Å². The van der Waals surface area contributed by atoms with Gasteiger partial charge in [0.25, 0.3) is 0 Å². The van der Waals surface area contributed by atoms with Crippen LogP contribution in [0.5, 0.6) is 0 Å². The first-order chi connectivity index (χ1) is 9.38. The Morgan fingerprint density at radius 2 is 2.00 bits per heavy atom. The average molecular weight is 299 g/mol. The quantitative estimate of drug-likeness (QED) is 0.725. The van der Waals surface area contributed by atoms with Gasteiger partial charge in [-0.1, -0.05) is 24.6 Å². The van der Waals surface area contributed by atoms with Crippen molar-refractivity contribution in [2.45, 2.75) is 26.4 Å².